The number of hydrogen-bond donors (Lipinski definition) is 1. The third-order valence-electron chi connectivity index (χ3n) is 4.67. The van der Waals surface area contributed by atoms with Crippen molar-refractivity contribution in [2.75, 3.05) is 54.0 Å². The zero-order chi connectivity index (χ0) is 21.0. The molecule has 2 aliphatic rings. The minimum Gasteiger partial charge on any atom is -0.493 e. The van der Waals surface area contributed by atoms with Crippen LogP contribution in [0.15, 0.2) is 23.1 Å². The second-order valence-electron chi connectivity index (χ2n) is 6.71. The maximum absolute atomic E-state index is 12.8. The second kappa shape index (κ2) is 9.57. The van der Waals surface area contributed by atoms with Crippen LogP contribution in [-0.2, 0) is 9.59 Å². The third kappa shape index (κ3) is 5.27. The lowest BCUT2D eigenvalue weighted by Crippen LogP contribution is -2.54. The van der Waals surface area contributed by atoms with E-state index in [0.29, 0.717) is 20.7 Å². The number of benzene rings is 1. The van der Waals surface area contributed by atoms with Crippen molar-refractivity contribution in [3.8, 4) is 11.5 Å². The number of ether oxygens (including phenoxy) is 2. The molecular formula is C19H24N4O4S2. The number of thiocarbonyl (C=S) groups is 1. The van der Waals surface area contributed by atoms with Crippen LogP contribution in [0.4, 0.5) is 0 Å². The van der Waals surface area contributed by atoms with E-state index >= 15 is 0 Å². The van der Waals surface area contributed by atoms with Gasteiger partial charge in [0.15, 0.2) is 11.5 Å². The van der Waals surface area contributed by atoms with E-state index in [1.165, 1.54) is 16.7 Å². The molecule has 2 amide bonds. The highest BCUT2D eigenvalue weighted by atomic mass is 32.2. The molecule has 8 nitrogen and oxygen atoms in total. The Balaban J connectivity index is 1.64. The summed E-state index contributed by atoms with van der Waals surface area (Å²) >= 11 is 6.50. The maximum atomic E-state index is 12.8. The molecule has 2 fully saturated rings. The van der Waals surface area contributed by atoms with Gasteiger partial charge in [0.2, 0.25) is 0 Å². The lowest BCUT2D eigenvalue weighted by atomic mass is 10.2. The van der Waals surface area contributed by atoms with Crippen molar-refractivity contribution in [3.63, 3.8) is 0 Å². The number of carbonyl (C=O) groups excluding carboxylic acids is 2. The van der Waals surface area contributed by atoms with Gasteiger partial charge in [0, 0.05) is 26.2 Å². The Labute approximate surface area is 179 Å². The first-order valence-corrected chi connectivity index (χ1v) is 10.3. The summed E-state index contributed by atoms with van der Waals surface area (Å²) in [6.07, 6.45) is 1.74. The van der Waals surface area contributed by atoms with E-state index in [1.807, 2.05) is 18.1 Å². The summed E-state index contributed by atoms with van der Waals surface area (Å²) < 4.78 is 10.9. The van der Waals surface area contributed by atoms with Crippen LogP contribution >= 0.6 is 24.0 Å². The summed E-state index contributed by atoms with van der Waals surface area (Å²) in [5.41, 5.74) is 3.64. The van der Waals surface area contributed by atoms with E-state index < -0.39 is 0 Å². The van der Waals surface area contributed by atoms with Gasteiger partial charge in [-0.3, -0.25) is 19.9 Å². The molecule has 3 rings (SSSR count). The Morgan fingerprint density at radius 2 is 1.90 bits per heavy atom. The fourth-order valence-electron chi connectivity index (χ4n) is 3.00. The Hall–Kier alpha value is -2.14. The highest BCUT2D eigenvalue weighted by Gasteiger charge is 2.33. The van der Waals surface area contributed by atoms with Gasteiger partial charge in [-0.05, 0) is 30.8 Å². The van der Waals surface area contributed by atoms with Gasteiger partial charge in [0.05, 0.1) is 19.1 Å². The summed E-state index contributed by atoms with van der Waals surface area (Å²) in [5, 5.41) is 1.87. The van der Waals surface area contributed by atoms with Crippen LogP contribution in [0, 0.1) is 0 Å². The Morgan fingerprint density at radius 3 is 2.55 bits per heavy atom. The standard InChI is InChI=1S/C19H24N4O4S2/c1-21-6-8-22(9-7-21)20-17(24)12-23-18(25)16(29-19(23)28)11-13-4-5-14(26-2)15(10-13)27-3/h4-5,10-11H,6-9,12H2,1-3H3,(H,20,24). The molecule has 2 saturated heterocycles. The van der Waals surface area contributed by atoms with Crippen molar-refractivity contribution in [3.05, 3.63) is 28.7 Å². The first-order valence-electron chi connectivity index (χ1n) is 9.11. The topological polar surface area (TPSA) is 74.4 Å². The molecule has 1 aromatic rings. The van der Waals surface area contributed by atoms with Gasteiger partial charge in [-0.15, -0.1) is 0 Å². The number of hydrazine groups is 1. The van der Waals surface area contributed by atoms with Crippen LogP contribution in [0.3, 0.4) is 0 Å². The number of nitrogens with zero attached hydrogens (tertiary/aromatic N) is 3. The normalized spacial score (nSPS) is 19.7. The Kier molecular flexibility index (Phi) is 7.12. The number of likely N-dealkylation sites (N-methyl/N-ethyl adjacent to an activating group) is 1. The van der Waals surface area contributed by atoms with Crippen molar-refractivity contribution in [1.29, 1.82) is 0 Å². The van der Waals surface area contributed by atoms with Crippen LogP contribution < -0.4 is 14.9 Å². The zero-order valence-electron chi connectivity index (χ0n) is 16.6. The molecular weight excluding hydrogens is 412 g/mol. The average molecular weight is 437 g/mol. The predicted octanol–water partition coefficient (Wildman–Crippen LogP) is 1.18. The molecule has 0 radical (unpaired) electrons. The number of piperazine rings is 1. The maximum Gasteiger partial charge on any atom is 0.266 e. The molecule has 0 saturated carbocycles. The highest BCUT2D eigenvalue weighted by Crippen LogP contribution is 2.34. The smallest absolute Gasteiger partial charge is 0.266 e. The second-order valence-corrected chi connectivity index (χ2v) is 8.38. The third-order valence-corrected chi connectivity index (χ3v) is 6.04. The van der Waals surface area contributed by atoms with Gasteiger partial charge in [-0.1, -0.05) is 30.0 Å². The predicted molar refractivity (Wildman–Crippen MR) is 117 cm³/mol. The molecule has 0 spiro atoms. The van der Waals surface area contributed by atoms with Gasteiger partial charge < -0.3 is 14.4 Å². The first-order chi connectivity index (χ1) is 13.9. The summed E-state index contributed by atoms with van der Waals surface area (Å²) in [6.45, 7) is 3.17. The molecule has 0 bridgehead atoms. The Morgan fingerprint density at radius 1 is 1.21 bits per heavy atom. The number of nitrogens with one attached hydrogen (secondary N) is 1. The highest BCUT2D eigenvalue weighted by molar-refractivity contribution is 8.26. The van der Waals surface area contributed by atoms with E-state index in [-0.39, 0.29) is 18.4 Å². The van der Waals surface area contributed by atoms with E-state index in [0.717, 1.165) is 31.7 Å². The molecule has 29 heavy (non-hydrogen) atoms. The van der Waals surface area contributed by atoms with Crippen LogP contribution in [0.1, 0.15) is 5.56 Å². The largest absolute Gasteiger partial charge is 0.493 e. The van der Waals surface area contributed by atoms with Crippen LogP contribution in [0.25, 0.3) is 6.08 Å². The van der Waals surface area contributed by atoms with Crippen molar-refractivity contribution < 1.29 is 19.1 Å². The molecule has 2 aliphatic heterocycles. The number of methoxy groups -OCH3 is 2. The van der Waals surface area contributed by atoms with Crippen LogP contribution in [0.5, 0.6) is 11.5 Å². The van der Waals surface area contributed by atoms with Gasteiger partial charge in [-0.25, -0.2) is 5.01 Å². The molecule has 0 atom stereocenters. The minimum absolute atomic E-state index is 0.0969. The summed E-state index contributed by atoms with van der Waals surface area (Å²) in [7, 11) is 5.17. The van der Waals surface area contributed by atoms with Crippen molar-refractivity contribution in [2.45, 2.75) is 0 Å². The van der Waals surface area contributed by atoms with E-state index in [4.69, 9.17) is 21.7 Å². The summed E-state index contributed by atoms with van der Waals surface area (Å²) in [5.74, 6) is 0.655. The minimum atomic E-state index is -0.275. The number of thioether (sulfide) groups is 1. The monoisotopic (exact) mass is 436 g/mol. The van der Waals surface area contributed by atoms with Crippen molar-refractivity contribution in [2.24, 2.45) is 0 Å². The summed E-state index contributed by atoms with van der Waals surface area (Å²) in [4.78, 5) is 29.1. The van der Waals surface area contributed by atoms with Crippen LogP contribution in [0.2, 0.25) is 0 Å². The van der Waals surface area contributed by atoms with Gasteiger partial charge in [-0.2, -0.15) is 0 Å². The summed E-state index contributed by atoms with van der Waals surface area (Å²) in [6, 6.07) is 5.38. The number of amides is 2. The van der Waals surface area contributed by atoms with E-state index in [1.54, 1.807) is 32.4 Å². The molecule has 0 aliphatic carbocycles. The van der Waals surface area contributed by atoms with Crippen molar-refractivity contribution in [1.82, 2.24) is 20.2 Å². The SMILES string of the molecule is COc1ccc(C=C2SC(=S)N(CC(=O)NN3CCN(C)CC3)C2=O)cc1OC. The fraction of sp³-hybridized carbons (Fsp3) is 0.421. The quantitative estimate of drug-likeness (QED) is 0.527. The fourth-order valence-corrected chi connectivity index (χ4v) is 4.26. The number of carbonyl (C=O) groups is 2. The molecule has 156 valence electrons. The number of hydrogen-bond acceptors (Lipinski definition) is 8. The van der Waals surface area contributed by atoms with E-state index in [9.17, 15) is 9.59 Å². The van der Waals surface area contributed by atoms with Gasteiger partial charge in [0.1, 0.15) is 10.9 Å². The van der Waals surface area contributed by atoms with Gasteiger partial charge in [0.25, 0.3) is 11.8 Å². The van der Waals surface area contributed by atoms with E-state index in [2.05, 4.69) is 10.3 Å². The molecule has 1 N–H and O–H groups in total. The zero-order valence-corrected chi connectivity index (χ0v) is 18.3. The average Bonchev–Trinajstić information content (AvgIpc) is 2.97. The Bertz CT molecular complexity index is 837. The molecule has 2 heterocycles. The molecule has 0 unspecified atom stereocenters. The van der Waals surface area contributed by atoms with Crippen molar-refractivity contribution >= 4 is 46.2 Å². The number of rotatable bonds is 6. The first kappa shape index (κ1) is 21.6. The van der Waals surface area contributed by atoms with Gasteiger partial charge >= 0.3 is 0 Å². The lowest BCUT2D eigenvalue weighted by Gasteiger charge is -2.32. The molecule has 1 aromatic carbocycles. The molecule has 10 heteroatoms. The van der Waals surface area contributed by atoms with Crippen LogP contribution in [-0.4, -0.2) is 84.9 Å². The molecule has 0 aromatic heterocycles. The lowest BCUT2D eigenvalue weighted by molar-refractivity contribution is -0.132.